The van der Waals surface area contributed by atoms with Crippen LogP contribution in [0.3, 0.4) is 0 Å². The number of amides is 2. The second-order valence-corrected chi connectivity index (χ2v) is 7.77. The molecule has 1 aliphatic heterocycles. The molecule has 2 unspecified atom stereocenters. The first-order chi connectivity index (χ1) is 8.62. The number of fused-ring (bicyclic) bond motifs is 2. The van der Waals surface area contributed by atoms with Crippen LogP contribution in [0.2, 0.25) is 0 Å². The molecule has 2 aliphatic rings. The molecule has 19 heavy (non-hydrogen) atoms. The van der Waals surface area contributed by atoms with Gasteiger partial charge in [-0.2, -0.15) is 0 Å². The number of carbonyl (C=O) groups excluding carboxylic acids is 2. The van der Waals surface area contributed by atoms with Gasteiger partial charge in [0, 0.05) is 18.6 Å². The summed E-state index contributed by atoms with van der Waals surface area (Å²) in [5.74, 6) is -0.802. The number of hydrogen-bond acceptors (Lipinski definition) is 2. The summed E-state index contributed by atoms with van der Waals surface area (Å²) in [4.78, 5) is 26.0. The fourth-order valence-corrected chi connectivity index (χ4v) is 4.15. The number of nitrogens with zero attached hydrogens (tertiary/aromatic N) is 1. The van der Waals surface area contributed by atoms with Gasteiger partial charge in [0.15, 0.2) is 0 Å². The van der Waals surface area contributed by atoms with Crippen LogP contribution in [0.15, 0.2) is 0 Å². The standard InChI is InChI=1S/C15H26N2O2/c1-10(2)16-12(18)13(19)17-9-15(5)7-11(17)6-14(3,4)8-15/h10-11H,6-9H2,1-5H3,(H,16,18). The molecule has 1 saturated carbocycles. The average Bonchev–Trinajstić information content (AvgIpc) is 2.45. The van der Waals surface area contributed by atoms with Crippen LogP contribution in [0.5, 0.6) is 0 Å². The summed E-state index contributed by atoms with van der Waals surface area (Å²) in [6.45, 7) is 11.2. The lowest BCUT2D eigenvalue weighted by atomic mass is 9.65. The van der Waals surface area contributed by atoms with E-state index in [0.717, 1.165) is 25.8 Å². The molecule has 108 valence electrons. The van der Waals surface area contributed by atoms with Crippen molar-refractivity contribution in [2.75, 3.05) is 6.54 Å². The summed E-state index contributed by atoms with van der Waals surface area (Å²) in [7, 11) is 0. The number of hydrogen-bond donors (Lipinski definition) is 1. The normalized spacial score (nSPS) is 32.5. The lowest BCUT2D eigenvalue weighted by Gasteiger charge is -2.39. The van der Waals surface area contributed by atoms with E-state index in [4.69, 9.17) is 0 Å². The van der Waals surface area contributed by atoms with E-state index in [2.05, 4.69) is 26.1 Å². The lowest BCUT2D eigenvalue weighted by Crippen LogP contribution is -2.47. The Labute approximate surface area is 115 Å². The first-order valence-electron chi connectivity index (χ1n) is 7.23. The highest BCUT2D eigenvalue weighted by molar-refractivity contribution is 6.35. The Morgan fingerprint density at radius 1 is 1.21 bits per heavy atom. The smallest absolute Gasteiger partial charge is 0.312 e. The lowest BCUT2D eigenvalue weighted by molar-refractivity contribution is -0.146. The maximum absolute atomic E-state index is 12.3. The summed E-state index contributed by atoms with van der Waals surface area (Å²) in [6, 6.07) is 0.240. The minimum Gasteiger partial charge on any atom is -0.346 e. The van der Waals surface area contributed by atoms with Crippen LogP contribution >= 0.6 is 0 Å². The Balaban J connectivity index is 2.11. The topological polar surface area (TPSA) is 49.4 Å². The number of nitrogens with one attached hydrogen (secondary N) is 1. The Morgan fingerprint density at radius 2 is 1.84 bits per heavy atom. The van der Waals surface area contributed by atoms with Crippen molar-refractivity contribution in [1.29, 1.82) is 0 Å². The van der Waals surface area contributed by atoms with E-state index < -0.39 is 5.91 Å². The Bertz CT molecular complexity index is 403. The van der Waals surface area contributed by atoms with Gasteiger partial charge in [0.25, 0.3) is 0 Å². The number of rotatable bonds is 1. The maximum Gasteiger partial charge on any atom is 0.312 e. The highest BCUT2D eigenvalue weighted by Crippen LogP contribution is 2.52. The highest BCUT2D eigenvalue weighted by atomic mass is 16.2. The summed E-state index contributed by atoms with van der Waals surface area (Å²) in [5.41, 5.74) is 0.446. The van der Waals surface area contributed by atoms with Crippen molar-refractivity contribution >= 4 is 11.8 Å². The Hall–Kier alpha value is -1.06. The van der Waals surface area contributed by atoms with Crippen LogP contribution in [-0.4, -0.2) is 35.3 Å². The van der Waals surface area contributed by atoms with Gasteiger partial charge in [0.05, 0.1) is 0 Å². The third kappa shape index (κ3) is 2.93. The van der Waals surface area contributed by atoms with E-state index in [-0.39, 0.29) is 28.8 Å². The largest absolute Gasteiger partial charge is 0.346 e. The molecule has 1 aliphatic carbocycles. The molecule has 2 rings (SSSR count). The zero-order valence-corrected chi connectivity index (χ0v) is 12.7. The molecule has 0 spiro atoms. The van der Waals surface area contributed by atoms with Gasteiger partial charge >= 0.3 is 11.8 Å². The van der Waals surface area contributed by atoms with Gasteiger partial charge in [-0.3, -0.25) is 9.59 Å². The highest BCUT2D eigenvalue weighted by Gasteiger charge is 2.51. The van der Waals surface area contributed by atoms with E-state index in [1.165, 1.54) is 0 Å². The van der Waals surface area contributed by atoms with Gasteiger partial charge < -0.3 is 10.2 Å². The van der Waals surface area contributed by atoms with E-state index >= 15 is 0 Å². The van der Waals surface area contributed by atoms with Gasteiger partial charge in [-0.05, 0) is 43.9 Å². The Morgan fingerprint density at radius 3 is 2.42 bits per heavy atom. The van der Waals surface area contributed by atoms with Crippen molar-refractivity contribution in [3.8, 4) is 0 Å². The van der Waals surface area contributed by atoms with E-state index in [1.807, 2.05) is 18.7 Å². The number of likely N-dealkylation sites (tertiary alicyclic amines) is 1. The molecule has 4 nitrogen and oxygen atoms in total. The van der Waals surface area contributed by atoms with Crippen molar-refractivity contribution in [3.63, 3.8) is 0 Å². The summed E-state index contributed by atoms with van der Waals surface area (Å²) in [6.07, 6.45) is 3.17. The molecule has 2 amide bonds. The third-order valence-corrected chi connectivity index (χ3v) is 4.29. The minimum absolute atomic E-state index is 0.00505. The van der Waals surface area contributed by atoms with Gasteiger partial charge in [0.1, 0.15) is 0 Å². The quantitative estimate of drug-likeness (QED) is 0.737. The van der Waals surface area contributed by atoms with E-state index in [9.17, 15) is 9.59 Å². The summed E-state index contributed by atoms with van der Waals surface area (Å²) < 4.78 is 0. The van der Waals surface area contributed by atoms with Gasteiger partial charge in [-0.1, -0.05) is 20.8 Å². The maximum atomic E-state index is 12.3. The van der Waals surface area contributed by atoms with Crippen molar-refractivity contribution in [2.45, 2.75) is 66.0 Å². The van der Waals surface area contributed by atoms with Gasteiger partial charge in [-0.25, -0.2) is 0 Å². The van der Waals surface area contributed by atoms with Crippen LogP contribution in [-0.2, 0) is 9.59 Å². The van der Waals surface area contributed by atoms with Crippen molar-refractivity contribution < 1.29 is 9.59 Å². The molecule has 1 N–H and O–H groups in total. The van der Waals surface area contributed by atoms with E-state index in [0.29, 0.717) is 0 Å². The van der Waals surface area contributed by atoms with Crippen LogP contribution in [0.1, 0.15) is 53.9 Å². The minimum atomic E-state index is -0.455. The molecule has 0 aromatic carbocycles. The van der Waals surface area contributed by atoms with Crippen LogP contribution in [0.25, 0.3) is 0 Å². The second kappa shape index (κ2) is 4.50. The predicted octanol–water partition coefficient (Wildman–Crippen LogP) is 1.94. The summed E-state index contributed by atoms with van der Waals surface area (Å²) in [5, 5.41) is 2.70. The second-order valence-electron chi connectivity index (χ2n) is 7.77. The van der Waals surface area contributed by atoms with Gasteiger partial charge in [-0.15, -0.1) is 0 Å². The molecule has 2 bridgehead atoms. The SMILES string of the molecule is CC(C)NC(=O)C(=O)N1CC2(C)CC1CC(C)(C)C2. The fraction of sp³-hybridized carbons (Fsp3) is 0.867. The van der Waals surface area contributed by atoms with Gasteiger partial charge in [0.2, 0.25) is 0 Å². The summed E-state index contributed by atoms with van der Waals surface area (Å²) >= 11 is 0. The van der Waals surface area contributed by atoms with E-state index in [1.54, 1.807) is 0 Å². The first kappa shape index (κ1) is 14.4. The van der Waals surface area contributed by atoms with Crippen LogP contribution in [0, 0.1) is 10.8 Å². The molecule has 4 heteroatoms. The molecule has 2 fully saturated rings. The van der Waals surface area contributed by atoms with Crippen molar-refractivity contribution in [3.05, 3.63) is 0 Å². The van der Waals surface area contributed by atoms with Crippen molar-refractivity contribution in [2.24, 2.45) is 10.8 Å². The molecule has 2 atom stereocenters. The molecule has 1 saturated heterocycles. The van der Waals surface area contributed by atoms with Crippen molar-refractivity contribution in [1.82, 2.24) is 10.2 Å². The Kier molecular flexibility index (Phi) is 3.40. The van der Waals surface area contributed by atoms with Crippen LogP contribution < -0.4 is 5.32 Å². The first-order valence-corrected chi connectivity index (χ1v) is 7.23. The molecule has 0 aromatic heterocycles. The third-order valence-electron chi connectivity index (χ3n) is 4.29. The zero-order chi connectivity index (χ0) is 14.4. The molecular weight excluding hydrogens is 240 g/mol. The number of carbonyl (C=O) groups is 2. The fourth-order valence-electron chi connectivity index (χ4n) is 4.15. The predicted molar refractivity (Wildman–Crippen MR) is 74.5 cm³/mol. The molecular formula is C15H26N2O2. The molecule has 1 heterocycles. The van der Waals surface area contributed by atoms with Crippen LogP contribution in [0.4, 0.5) is 0 Å². The molecule has 0 radical (unpaired) electrons. The molecule has 0 aromatic rings. The average molecular weight is 266 g/mol. The zero-order valence-electron chi connectivity index (χ0n) is 12.7. The monoisotopic (exact) mass is 266 g/mol.